The van der Waals surface area contributed by atoms with Crippen LogP contribution in [0.2, 0.25) is 0 Å². The van der Waals surface area contributed by atoms with E-state index >= 15 is 0 Å². The summed E-state index contributed by atoms with van der Waals surface area (Å²) >= 11 is 5.42. The molecule has 40 heavy (non-hydrogen) atoms. The van der Waals surface area contributed by atoms with E-state index in [0.29, 0.717) is 29.6 Å². The molecule has 0 radical (unpaired) electrons. The molecule has 0 unspecified atom stereocenters. The number of benzene rings is 3. The molecule has 12 heteroatoms. The molecule has 0 fully saturated rings. The summed E-state index contributed by atoms with van der Waals surface area (Å²) in [6.07, 6.45) is 1.64. The second-order valence-corrected chi connectivity index (χ2v) is 11.2. The summed E-state index contributed by atoms with van der Waals surface area (Å²) in [5.41, 5.74) is 5.08. The zero-order valence-electron chi connectivity index (χ0n) is 22.3. The van der Waals surface area contributed by atoms with Crippen LogP contribution in [0.3, 0.4) is 0 Å². The van der Waals surface area contributed by atoms with Gasteiger partial charge >= 0.3 is 0 Å². The highest BCUT2D eigenvalue weighted by atomic mass is 35.5. The summed E-state index contributed by atoms with van der Waals surface area (Å²) in [5, 5.41) is 6.54. The second kappa shape index (κ2) is 11.5. The standard InChI is InChI=1S/C28H29ClN8O2S/c1-4-37-24-13-12-22(17-23(24)33-28(37)31-18-20-8-6-5-7-9-20)36(3)26-14-15-30-27(34-26)32-21-11-10-19(2)25(16-21)40(38,39)35-29/h5-17,35H,4,18H2,1-3H3,(H,31,33)(H,30,32,34). The molecule has 5 aromatic rings. The average Bonchev–Trinajstić information content (AvgIpc) is 3.34. The molecule has 2 aromatic heterocycles. The van der Waals surface area contributed by atoms with Crippen LogP contribution in [0.4, 0.5) is 29.1 Å². The maximum Gasteiger partial charge on any atom is 0.254 e. The lowest BCUT2D eigenvalue weighted by atomic mass is 10.2. The lowest BCUT2D eigenvalue weighted by molar-refractivity contribution is 0.593. The number of aromatic nitrogens is 4. The number of sulfonamides is 1. The van der Waals surface area contributed by atoms with E-state index in [-0.39, 0.29) is 4.90 Å². The minimum Gasteiger partial charge on any atom is -0.352 e. The number of nitrogens with one attached hydrogen (secondary N) is 3. The Morgan fingerprint density at radius 3 is 2.55 bits per heavy atom. The van der Waals surface area contributed by atoms with Gasteiger partial charge in [0.05, 0.1) is 15.9 Å². The highest BCUT2D eigenvalue weighted by Gasteiger charge is 2.17. The van der Waals surface area contributed by atoms with Gasteiger partial charge in [-0.1, -0.05) is 36.4 Å². The van der Waals surface area contributed by atoms with Crippen LogP contribution >= 0.6 is 11.8 Å². The molecular formula is C28H29ClN8O2S. The van der Waals surface area contributed by atoms with Crippen molar-refractivity contribution in [1.29, 1.82) is 0 Å². The van der Waals surface area contributed by atoms with Gasteiger partial charge < -0.3 is 20.1 Å². The van der Waals surface area contributed by atoms with Crippen molar-refractivity contribution in [3.8, 4) is 0 Å². The normalized spacial score (nSPS) is 11.5. The quantitative estimate of drug-likeness (QED) is 0.181. The minimum atomic E-state index is -3.83. The lowest BCUT2D eigenvalue weighted by Crippen LogP contribution is -2.15. The van der Waals surface area contributed by atoms with E-state index < -0.39 is 10.0 Å². The van der Waals surface area contributed by atoms with Crippen molar-refractivity contribution in [2.45, 2.75) is 31.8 Å². The molecule has 0 aliphatic heterocycles. The monoisotopic (exact) mass is 576 g/mol. The van der Waals surface area contributed by atoms with E-state index in [2.05, 4.69) is 50.3 Å². The zero-order chi connectivity index (χ0) is 28.3. The Bertz CT molecular complexity index is 1760. The molecule has 0 bridgehead atoms. The molecule has 0 spiro atoms. The molecule has 0 amide bonds. The van der Waals surface area contributed by atoms with E-state index in [1.54, 1.807) is 31.3 Å². The number of anilines is 5. The summed E-state index contributed by atoms with van der Waals surface area (Å²) < 4.78 is 28.5. The number of fused-ring (bicyclic) bond motifs is 1. The molecule has 0 saturated heterocycles. The number of hydrogen-bond donors (Lipinski definition) is 3. The van der Waals surface area contributed by atoms with Crippen molar-refractivity contribution in [3.05, 3.63) is 90.1 Å². The Morgan fingerprint density at radius 1 is 1.00 bits per heavy atom. The van der Waals surface area contributed by atoms with Crippen molar-refractivity contribution in [1.82, 2.24) is 23.8 Å². The van der Waals surface area contributed by atoms with Gasteiger partial charge in [-0.05, 0) is 73.1 Å². The number of imidazole rings is 1. The number of nitrogens with zero attached hydrogens (tertiary/aromatic N) is 5. The highest BCUT2D eigenvalue weighted by molar-refractivity contribution is 7.90. The van der Waals surface area contributed by atoms with Crippen LogP contribution in [0, 0.1) is 6.92 Å². The first-order valence-electron chi connectivity index (χ1n) is 12.6. The van der Waals surface area contributed by atoms with E-state index in [1.165, 1.54) is 11.6 Å². The molecule has 0 aliphatic carbocycles. The van der Waals surface area contributed by atoms with Gasteiger partial charge in [0.25, 0.3) is 10.0 Å². The van der Waals surface area contributed by atoms with Gasteiger partial charge in [0.1, 0.15) is 5.82 Å². The van der Waals surface area contributed by atoms with Gasteiger partial charge in [0, 0.05) is 37.7 Å². The molecule has 10 nitrogen and oxygen atoms in total. The first-order valence-corrected chi connectivity index (χ1v) is 14.5. The van der Waals surface area contributed by atoms with Crippen molar-refractivity contribution in [3.63, 3.8) is 0 Å². The third-order valence-corrected chi connectivity index (χ3v) is 8.38. The predicted octanol–water partition coefficient (Wildman–Crippen LogP) is 5.71. The molecule has 5 rings (SSSR count). The van der Waals surface area contributed by atoms with Crippen molar-refractivity contribution >= 4 is 61.9 Å². The summed E-state index contributed by atoms with van der Waals surface area (Å²) in [6.45, 7) is 5.26. The topological polar surface area (TPSA) is 117 Å². The molecule has 206 valence electrons. The van der Waals surface area contributed by atoms with Crippen LogP contribution in [-0.4, -0.2) is 35.0 Å². The first kappa shape index (κ1) is 27.4. The van der Waals surface area contributed by atoms with E-state index in [9.17, 15) is 8.42 Å². The fraction of sp³-hybridized carbons (Fsp3) is 0.179. The summed E-state index contributed by atoms with van der Waals surface area (Å²) in [5.74, 6) is 1.79. The zero-order valence-corrected chi connectivity index (χ0v) is 23.8. The second-order valence-electron chi connectivity index (χ2n) is 9.18. The Hall–Kier alpha value is -4.19. The fourth-order valence-electron chi connectivity index (χ4n) is 4.43. The lowest BCUT2D eigenvalue weighted by Gasteiger charge is -2.19. The third-order valence-electron chi connectivity index (χ3n) is 6.55. The maximum atomic E-state index is 12.2. The minimum absolute atomic E-state index is 0.0678. The van der Waals surface area contributed by atoms with Gasteiger partial charge in [-0.2, -0.15) is 4.98 Å². The van der Waals surface area contributed by atoms with E-state index in [0.717, 1.165) is 29.2 Å². The largest absolute Gasteiger partial charge is 0.352 e. The smallest absolute Gasteiger partial charge is 0.254 e. The summed E-state index contributed by atoms with van der Waals surface area (Å²) in [7, 11) is -1.91. The number of halogens is 1. The SMILES string of the molecule is CCn1c(NCc2ccccc2)nc2cc(N(C)c3ccnc(Nc4ccc(C)c(S(=O)(=O)NCl)c4)n3)ccc21. The van der Waals surface area contributed by atoms with E-state index in [1.807, 2.05) is 46.5 Å². The molecule has 0 aliphatic rings. The summed E-state index contributed by atoms with van der Waals surface area (Å²) in [4.78, 5) is 15.8. The van der Waals surface area contributed by atoms with Gasteiger partial charge in [-0.3, -0.25) is 0 Å². The van der Waals surface area contributed by atoms with Gasteiger partial charge in [0.2, 0.25) is 11.9 Å². The molecule has 3 aromatic carbocycles. The highest BCUT2D eigenvalue weighted by Crippen LogP contribution is 2.29. The van der Waals surface area contributed by atoms with Gasteiger partial charge in [0.15, 0.2) is 0 Å². The van der Waals surface area contributed by atoms with E-state index in [4.69, 9.17) is 16.8 Å². The maximum absolute atomic E-state index is 12.2. The number of aryl methyl sites for hydroxylation is 2. The third kappa shape index (κ3) is 5.71. The molecule has 3 N–H and O–H groups in total. The van der Waals surface area contributed by atoms with Crippen molar-refractivity contribution < 1.29 is 8.42 Å². The number of rotatable bonds is 10. The van der Waals surface area contributed by atoms with Crippen LogP contribution < -0.4 is 19.8 Å². The Morgan fingerprint density at radius 2 is 1.80 bits per heavy atom. The predicted molar refractivity (Wildman–Crippen MR) is 160 cm³/mol. The average molecular weight is 577 g/mol. The Labute approximate surface area is 238 Å². The van der Waals surface area contributed by atoms with Gasteiger partial charge in [-0.25, -0.2) is 18.4 Å². The molecular weight excluding hydrogens is 548 g/mol. The van der Waals surface area contributed by atoms with Crippen LogP contribution in [0.1, 0.15) is 18.1 Å². The first-order chi connectivity index (χ1) is 19.3. The Balaban J connectivity index is 1.38. The fourth-order valence-corrected chi connectivity index (χ4v) is 5.53. The summed E-state index contributed by atoms with van der Waals surface area (Å²) in [6, 6.07) is 23.1. The molecule has 0 saturated carbocycles. The molecule has 0 atom stereocenters. The molecule has 2 heterocycles. The van der Waals surface area contributed by atoms with Gasteiger partial charge in [-0.15, -0.1) is 4.24 Å². The van der Waals surface area contributed by atoms with Crippen LogP contribution in [0.25, 0.3) is 11.0 Å². The van der Waals surface area contributed by atoms with Crippen LogP contribution in [0.5, 0.6) is 0 Å². The van der Waals surface area contributed by atoms with Crippen LogP contribution in [-0.2, 0) is 23.1 Å². The Kier molecular flexibility index (Phi) is 7.88. The van der Waals surface area contributed by atoms with Crippen molar-refractivity contribution in [2.24, 2.45) is 0 Å². The van der Waals surface area contributed by atoms with Crippen LogP contribution in [0.15, 0.2) is 83.9 Å². The number of hydrogen-bond acceptors (Lipinski definition) is 8. The van der Waals surface area contributed by atoms with Crippen molar-refractivity contribution in [2.75, 3.05) is 22.6 Å².